The van der Waals surface area contributed by atoms with Gasteiger partial charge in [-0.05, 0) is 44.9 Å². The van der Waals surface area contributed by atoms with E-state index in [0.717, 1.165) is 18.2 Å². The molecule has 2 nitrogen and oxygen atoms in total. The number of aryl methyl sites for hydroxylation is 1. The van der Waals surface area contributed by atoms with Gasteiger partial charge in [-0.25, -0.2) is 0 Å². The van der Waals surface area contributed by atoms with Crippen molar-refractivity contribution in [2.45, 2.75) is 38.9 Å². The Labute approximate surface area is 120 Å². The lowest BCUT2D eigenvalue weighted by molar-refractivity contribution is -0.138. The second-order valence-corrected chi connectivity index (χ2v) is 6.56. The third-order valence-corrected chi connectivity index (χ3v) is 4.03. The van der Waals surface area contributed by atoms with Crippen molar-refractivity contribution in [1.82, 2.24) is 0 Å². The molecule has 0 spiro atoms. The van der Waals surface area contributed by atoms with Gasteiger partial charge in [0.05, 0.1) is 11.1 Å². The van der Waals surface area contributed by atoms with Crippen LogP contribution in [-0.2, 0) is 6.18 Å². The van der Waals surface area contributed by atoms with Crippen molar-refractivity contribution in [3.63, 3.8) is 0 Å². The number of hydrogen-bond donors (Lipinski definition) is 1. The monoisotopic (exact) mass is 302 g/mol. The van der Waals surface area contributed by atoms with Crippen LogP contribution >= 0.6 is 11.8 Å². The largest absolute Gasteiger partial charge is 0.416 e. The van der Waals surface area contributed by atoms with Gasteiger partial charge in [0.2, 0.25) is 0 Å². The van der Waals surface area contributed by atoms with Crippen LogP contribution in [0.5, 0.6) is 0 Å². The van der Waals surface area contributed by atoms with Crippen LogP contribution in [0, 0.1) is 6.92 Å². The number of alkyl halides is 3. The molecule has 0 radical (unpaired) electrons. The fraction of sp³-hybridized carbons (Fsp3) is 0.500. The molecule has 0 aliphatic carbocycles. The average molecular weight is 302 g/mol. The van der Waals surface area contributed by atoms with Crippen molar-refractivity contribution in [2.24, 2.45) is 4.99 Å². The van der Waals surface area contributed by atoms with Crippen LogP contribution in [0.15, 0.2) is 23.2 Å². The summed E-state index contributed by atoms with van der Waals surface area (Å²) in [5.74, 6) is 0.914. The van der Waals surface area contributed by atoms with E-state index in [-0.39, 0.29) is 11.1 Å². The summed E-state index contributed by atoms with van der Waals surface area (Å²) in [5, 5.41) is 3.67. The molecule has 0 bridgehead atoms. The van der Waals surface area contributed by atoms with Gasteiger partial charge in [-0.3, -0.25) is 4.99 Å². The minimum atomic E-state index is -4.33. The van der Waals surface area contributed by atoms with Crippen LogP contribution < -0.4 is 5.32 Å². The first kappa shape index (κ1) is 15.2. The molecule has 0 saturated heterocycles. The zero-order valence-electron chi connectivity index (χ0n) is 11.6. The summed E-state index contributed by atoms with van der Waals surface area (Å²) in [5.41, 5.74) is -0.123. The van der Waals surface area contributed by atoms with E-state index in [2.05, 4.69) is 10.3 Å². The average Bonchev–Trinajstić information content (AvgIpc) is 2.29. The van der Waals surface area contributed by atoms with Gasteiger partial charge in [-0.15, -0.1) is 0 Å². The fourth-order valence-electron chi connectivity index (χ4n) is 1.95. The van der Waals surface area contributed by atoms with Gasteiger partial charge in [-0.1, -0.05) is 17.8 Å². The molecule has 6 heteroatoms. The quantitative estimate of drug-likeness (QED) is 0.813. The number of hydrogen-bond acceptors (Lipinski definition) is 3. The number of halogens is 3. The first-order valence-corrected chi connectivity index (χ1v) is 7.33. The van der Waals surface area contributed by atoms with Gasteiger partial charge in [0.1, 0.15) is 0 Å². The van der Waals surface area contributed by atoms with Crippen molar-refractivity contribution in [1.29, 1.82) is 0 Å². The van der Waals surface area contributed by atoms with Crippen molar-refractivity contribution in [3.05, 3.63) is 29.3 Å². The minimum absolute atomic E-state index is 0.162. The summed E-state index contributed by atoms with van der Waals surface area (Å²) in [4.78, 5) is 4.51. The van der Waals surface area contributed by atoms with Crippen molar-refractivity contribution < 1.29 is 13.2 Å². The van der Waals surface area contributed by atoms with Crippen LogP contribution in [0.25, 0.3) is 0 Å². The summed E-state index contributed by atoms with van der Waals surface area (Å²) >= 11 is 1.54. The Bertz CT molecular complexity index is 536. The maximum Gasteiger partial charge on any atom is 0.416 e. The van der Waals surface area contributed by atoms with Crippen LogP contribution in [0.2, 0.25) is 0 Å². The number of aliphatic imine (C=N–C) groups is 1. The molecule has 1 aromatic carbocycles. The second-order valence-electron chi connectivity index (χ2n) is 5.48. The molecule has 1 heterocycles. The third-order valence-electron chi connectivity index (χ3n) is 3.15. The van der Waals surface area contributed by atoms with E-state index in [1.54, 1.807) is 6.07 Å². The molecule has 0 fully saturated rings. The van der Waals surface area contributed by atoms with E-state index in [4.69, 9.17) is 0 Å². The molecule has 0 unspecified atom stereocenters. The molecular weight excluding hydrogens is 285 g/mol. The minimum Gasteiger partial charge on any atom is -0.335 e. The number of nitrogens with one attached hydrogen (secondary N) is 1. The Morgan fingerprint density at radius 3 is 2.60 bits per heavy atom. The lowest BCUT2D eigenvalue weighted by Gasteiger charge is -2.26. The first-order chi connectivity index (χ1) is 9.17. The fourth-order valence-corrected chi connectivity index (χ4v) is 3.25. The van der Waals surface area contributed by atoms with Crippen LogP contribution in [-0.4, -0.2) is 16.5 Å². The van der Waals surface area contributed by atoms with E-state index in [9.17, 15) is 13.2 Å². The normalized spacial score (nSPS) is 18.6. The zero-order chi connectivity index (χ0) is 15.0. The Morgan fingerprint density at radius 1 is 1.30 bits per heavy atom. The molecule has 20 heavy (non-hydrogen) atoms. The predicted octanol–water partition coefficient (Wildman–Crippen LogP) is 4.70. The molecule has 0 aromatic heterocycles. The summed E-state index contributed by atoms with van der Waals surface area (Å²) in [6, 6.07) is 4.26. The maximum absolute atomic E-state index is 12.9. The summed E-state index contributed by atoms with van der Waals surface area (Å²) in [6.07, 6.45) is -3.37. The summed E-state index contributed by atoms with van der Waals surface area (Å²) in [6.45, 7) is 5.50. The van der Waals surface area contributed by atoms with Gasteiger partial charge in [0, 0.05) is 11.4 Å². The lowest BCUT2D eigenvalue weighted by Crippen LogP contribution is -2.27. The van der Waals surface area contributed by atoms with Crippen molar-refractivity contribution in [2.75, 3.05) is 11.1 Å². The van der Waals surface area contributed by atoms with Crippen molar-refractivity contribution >= 4 is 22.6 Å². The summed E-state index contributed by atoms with van der Waals surface area (Å²) < 4.78 is 38.6. The van der Waals surface area contributed by atoms with Crippen molar-refractivity contribution in [3.8, 4) is 0 Å². The molecule has 1 aliphatic heterocycles. The molecule has 1 aliphatic rings. The molecule has 2 rings (SSSR count). The van der Waals surface area contributed by atoms with Gasteiger partial charge >= 0.3 is 6.18 Å². The number of rotatable bonds is 1. The highest BCUT2D eigenvalue weighted by Gasteiger charge is 2.32. The first-order valence-electron chi connectivity index (χ1n) is 6.35. The highest BCUT2D eigenvalue weighted by molar-refractivity contribution is 8.14. The van der Waals surface area contributed by atoms with Gasteiger partial charge < -0.3 is 5.32 Å². The molecule has 1 aromatic rings. The Hall–Kier alpha value is -1.17. The Morgan fingerprint density at radius 2 is 2.00 bits per heavy atom. The highest BCUT2D eigenvalue weighted by Crippen LogP contribution is 2.34. The molecule has 0 saturated carbocycles. The molecule has 0 atom stereocenters. The standard InChI is InChI=1S/C14H17F3N2S/c1-9-4-5-10(8-11(9)14(15,16)17)18-12-19-13(2,3)6-7-20-12/h4-5,8H,6-7H2,1-3H3,(H,18,19). The topological polar surface area (TPSA) is 24.4 Å². The third kappa shape index (κ3) is 3.69. The maximum atomic E-state index is 12.9. The van der Waals surface area contributed by atoms with Gasteiger partial charge in [-0.2, -0.15) is 13.2 Å². The van der Waals surface area contributed by atoms with E-state index in [0.29, 0.717) is 10.9 Å². The van der Waals surface area contributed by atoms with Gasteiger partial charge in [0.25, 0.3) is 0 Å². The SMILES string of the molecule is Cc1ccc(NC2=NC(C)(C)CCS2)cc1C(F)(F)F. The van der Waals surface area contributed by atoms with Gasteiger partial charge in [0.15, 0.2) is 5.17 Å². The van der Waals surface area contributed by atoms with Crippen LogP contribution in [0.3, 0.4) is 0 Å². The number of thioether (sulfide) groups is 1. The van der Waals surface area contributed by atoms with E-state index in [1.807, 2.05) is 13.8 Å². The highest BCUT2D eigenvalue weighted by atomic mass is 32.2. The summed E-state index contributed by atoms with van der Waals surface area (Å²) in [7, 11) is 0. The number of amidine groups is 1. The number of benzene rings is 1. The van der Waals surface area contributed by atoms with Crippen LogP contribution in [0.4, 0.5) is 18.9 Å². The molecule has 1 N–H and O–H groups in total. The Balaban J connectivity index is 2.25. The number of nitrogens with zero attached hydrogens (tertiary/aromatic N) is 1. The Kier molecular flexibility index (Phi) is 4.04. The zero-order valence-corrected chi connectivity index (χ0v) is 12.5. The number of anilines is 1. The van der Waals surface area contributed by atoms with E-state index < -0.39 is 11.7 Å². The molecule has 0 amide bonds. The predicted molar refractivity (Wildman–Crippen MR) is 78.4 cm³/mol. The molecular formula is C14H17F3N2S. The van der Waals surface area contributed by atoms with Crippen LogP contribution in [0.1, 0.15) is 31.4 Å². The molecule has 110 valence electrons. The second kappa shape index (κ2) is 5.31. The van der Waals surface area contributed by atoms with E-state index >= 15 is 0 Å². The smallest absolute Gasteiger partial charge is 0.335 e. The lowest BCUT2D eigenvalue weighted by atomic mass is 10.0. The van der Waals surface area contributed by atoms with E-state index in [1.165, 1.54) is 24.8 Å².